The van der Waals surface area contributed by atoms with E-state index in [0.29, 0.717) is 31.5 Å². The van der Waals surface area contributed by atoms with Gasteiger partial charge in [0.15, 0.2) is 0 Å². The molecule has 1 aromatic carbocycles. The van der Waals surface area contributed by atoms with Gasteiger partial charge in [-0.25, -0.2) is 8.42 Å². The summed E-state index contributed by atoms with van der Waals surface area (Å²) in [5, 5.41) is 2.87. The number of nitrogens with zero attached hydrogens (tertiary/aromatic N) is 2. The van der Waals surface area contributed by atoms with E-state index < -0.39 is 10.0 Å². The van der Waals surface area contributed by atoms with Crippen LogP contribution in [0.2, 0.25) is 0 Å². The van der Waals surface area contributed by atoms with Gasteiger partial charge in [0, 0.05) is 26.2 Å². The van der Waals surface area contributed by atoms with Crippen LogP contribution in [0.3, 0.4) is 0 Å². The molecule has 1 aromatic heterocycles. The molecule has 1 aliphatic rings. The van der Waals surface area contributed by atoms with E-state index in [9.17, 15) is 18.0 Å². The summed E-state index contributed by atoms with van der Waals surface area (Å²) in [6, 6.07) is 9.54. The van der Waals surface area contributed by atoms with Crippen molar-refractivity contribution in [2.45, 2.75) is 23.8 Å². The fourth-order valence-electron chi connectivity index (χ4n) is 3.13. The lowest BCUT2D eigenvalue weighted by Gasteiger charge is -2.32. The van der Waals surface area contributed by atoms with Crippen LogP contribution in [-0.2, 0) is 14.8 Å². The van der Waals surface area contributed by atoms with Crippen LogP contribution < -0.4 is 5.32 Å². The molecule has 9 heteroatoms. The maximum absolute atomic E-state index is 12.5. The highest BCUT2D eigenvalue weighted by Crippen LogP contribution is 2.15. The molecule has 0 atom stereocenters. The predicted molar refractivity (Wildman–Crippen MR) is 102 cm³/mol. The molecule has 3 rings (SSSR count). The van der Waals surface area contributed by atoms with Crippen LogP contribution in [0.15, 0.2) is 58.2 Å². The second-order valence-corrected chi connectivity index (χ2v) is 8.77. The lowest BCUT2D eigenvalue weighted by atomic mass is 10.0. The largest absolute Gasteiger partial charge is 0.472 e. The summed E-state index contributed by atoms with van der Waals surface area (Å²) in [6.07, 6.45) is 4.11. The number of carbonyl (C=O) groups excluding carboxylic acids is 2. The van der Waals surface area contributed by atoms with Gasteiger partial charge < -0.3 is 14.6 Å². The van der Waals surface area contributed by atoms with Gasteiger partial charge in [0.05, 0.1) is 23.3 Å². The van der Waals surface area contributed by atoms with Gasteiger partial charge in [-0.05, 0) is 31.0 Å². The third-order valence-corrected chi connectivity index (χ3v) is 6.55. The maximum atomic E-state index is 12.5. The Labute approximate surface area is 164 Å². The number of likely N-dealkylation sites (N-methyl/N-ethyl adjacent to an activating group) is 1. The van der Waals surface area contributed by atoms with E-state index in [4.69, 9.17) is 4.42 Å². The van der Waals surface area contributed by atoms with Crippen LogP contribution in [0.1, 0.15) is 23.2 Å². The standard InChI is InChI=1S/C19H23N3O5S/c1-21(28(25,26)17-5-3-2-4-6-17)13-18(23)20-16-7-10-22(11-8-16)19(24)15-9-12-27-14-15/h2-6,9,12,14,16H,7-8,10-11,13H2,1H3,(H,20,23). The normalized spacial score (nSPS) is 15.6. The van der Waals surface area contributed by atoms with Crippen molar-refractivity contribution in [3.63, 3.8) is 0 Å². The van der Waals surface area contributed by atoms with Crippen LogP contribution in [0.4, 0.5) is 0 Å². The van der Waals surface area contributed by atoms with Gasteiger partial charge in [0.1, 0.15) is 6.26 Å². The first-order chi connectivity index (χ1) is 13.4. The summed E-state index contributed by atoms with van der Waals surface area (Å²) in [5.41, 5.74) is 0.509. The van der Waals surface area contributed by atoms with Gasteiger partial charge in [-0.3, -0.25) is 9.59 Å². The van der Waals surface area contributed by atoms with Crippen LogP contribution in [0.5, 0.6) is 0 Å². The Balaban J connectivity index is 1.49. The topological polar surface area (TPSA) is 99.9 Å². The molecule has 2 amide bonds. The highest BCUT2D eigenvalue weighted by molar-refractivity contribution is 7.89. The highest BCUT2D eigenvalue weighted by Gasteiger charge is 2.27. The maximum Gasteiger partial charge on any atom is 0.257 e. The van der Waals surface area contributed by atoms with Crippen molar-refractivity contribution in [1.29, 1.82) is 0 Å². The molecular weight excluding hydrogens is 382 g/mol. The summed E-state index contributed by atoms with van der Waals surface area (Å²) in [6.45, 7) is 0.783. The van der Waals surface area contributed by atoms with Gasteiger partial charge in [-0.2, -0.15) is 4.31 Å². The second-order valence-electron chi connectivity index (χ2n) is 6.72. The minimum Gasteiger partial charge on any atom is -0.472 e. The van der Waals surface area contributed by atoms with Crippen molar-refractivity contribution in [1.82, 2.24) is 14.5 Å². The SMILES string of the molecule is CN(CC(=O)NC1CCN(C(=O)c2ccoc2)CC1)S(=O)(=O)c1ccccc1. The zero-order chi connectivity index (χ0) is 20.1. The third kappa shape index (κ3) is 4.60. The average Bonchev–Trinajstić information content (AvgIpc) is 3.23. The molecule has 0 aliphatic carbocycles. The summed E-state index contributed by atoms with van der Waals surface area (Å²) < 4.78 is 30.9. The average molecular weight is 405 g/mol. The Morgan fingerprint density at radius 3 is 2.46 bits per heavy atom. The lowest BCUT2D eigenvalue weighted by molar-refractivity contribution is -0.122. The molecule has 1 aliphatic heterocycles. The number of hydrogen-bond donors (Lipinski definition) is 1. The van der Waals surface area contributed by atoms with Gasteiger partial charge >= 0.3 is 0 Å². The quantitative estimate of drug-likeness (QED) is 0.781. The number of sulfonamides is 1. The van der Waals surface area contributed by atoms with E-state index in [1.807, 2.05) is 0 Å². The molecule has 0 bridgehead atoms. The van der Waals surface area contributed by atoms with E-state index in [1.54, 1.807) is 29.2 Å². The number of carbonyl (C=O) groups is 2. The molecule has 150 valence electrons. The number of likely N-dealkylation sites (tertiary alicyclic amines) is 1. The molecule has 1 saturated heterocycles. The Morgan fingerprint density at radius 2 is 1.86 bits per heavy atom. The van der Waals surface area contributed by atoms with Crippen molar-refractivity contribution in [2.75, 3.05) is 26.7 Å². The molecule has 1 N–H and O–H groups in total. The zero-order valence-electron chi connectivity index (χ0n) is 15.6. The first-order valence-corrected chi connectivity index (χ1v) is 10.4. The Morgan fingerprint density at radius 1 is 1.18 bits per heavy atom. The predicted octanol–water partition coefficient (Wildman–Crippen LogP) is 1.32. The van der Waals surface area contributed by atoms with Crippen molar-refractivity contribution in [2.24, 2.45) is 0 Å². The first-order valence-electron chi connectivity index (χ1n) is 9.00. The molecule has 1 fully saturated rings. The van der Waals surface area contributed by atoms with E-state index in [1.165, 1.54) is 31.7 Å². The molecule has 28 heavy (non-hydrogen) atoms. The Bertz CT molecular complexity index is 904. The number of rotatable bonds is 6. The van der Waals surface area contributed by atoms with E-state index in [0.717, 1.165) is 4.31 Å². The van der Waals surface area contributed by atoms with Crippen LogP contribution in [0, 0.1) is 0 Å². The van der Waals surface area contributed by atoms with Gasteiger partial charge in [0.25, 0.3) is 5.91 Å². The number of benzene rings is 1. The first kappa shape index (κ1) is 20.1. The van der Waals surface area contributed by atoms with Crippen molar-refractivity contribution in [3.05, 3.63) is 54.5 Å². The van der Waals surface area contributed by atoms with E-state index >= 15 is 0 Å². The summed E-state index contributed by atoms with van der Waals surface area (Å²) in [4.78, 5) is 26.4. The fourth-order valence-corrected chi connectivity index (χ4v) is 4.28. The van der Waals surface area contributed by atoms with Crippen LogP contribution in [-0.4, -0.2) is 62.2 Å². The smallest absolute Gasteiger partial charge is 0.257 e. The van der Waals surface area contributed by atoms with E-state index in [2.05, 4.69) is 5.32 Å². The van der Waals surface area contributed by atoms with Gasteiger partial charge in [0.2, 0.25) is 15.9 Å². The Hall–Kier alpha value is -2.65. The minimum absolute atomic E-state index is 0.0891. The second kappa shape index (κ2) is 8.57. The monoisotopic (exact) mass is 405 g/mol. The van der Waals surface area contributed by atoms with Gasteiger partial charge in [-0.15, -0.1) is 0 Å². The van der Waals surface area contributed by atoms with Crippen molar-refractivity contribution >= 4 is 21.8 Å². The molecule has 0 spiro atoms. The summed E-state index contributed by atoms with van der Waals surface area (Å²) in [7, 11) is -2.33. The molecule has 0 unspecified atom stereocenters. The number of hydrogen-bond acceptors (Lipinski definition) is 5. The van der Waals surface area contributed by atoms with Crippen molar-refractivity contribution in [3.8, 4) is 0 Å². The molecule has 0 saturated carbocycles. The Kier molecular flexibility index (Phi) is 6.15. The molecular formula is C19H23N3O5S. The highest BCUT2D eigenvalue weighted by atomic mass is 32.2. The van der Waals surface area contributed by atoms with Crippen LogP contribution in [0.25, 0.3) is 0 Å². The zero-order valence-corrected chi connectivity index (χ0v) is 16.4. The van der Waals surface area contributed by atoms with Crippen LogP contribution >= 0.6 is 0 Å². The van der Waals surface area contributed by atoms with E-state index in [-0.39, 0.29) is 29.3 Å². The molecule has 2 heterocycles. The lowest BCUT2D eigenvalue weighted by Crippen LogP contribution is -2.48. The third-order valence-electron chi connectivity index (χ3n) is 4.73. The molecule has 2 aromatic rings. The summed E-state index contributed by atoms with van der Waals surface area (Å²) >= 11 is 0. The number of nitrogens with one attached hydrogen (secondary N) is 1. The number of amides is 2. The minimum atomic E-state index is -3.71. The number of furan rings is 1. The van der Waals surface area contributed by atoms with Gasteiger partial charge in [-0.1, -0.05) is 18.2 Å². The molecule has 0 radical (unpaired) electrons. The fraction of sp³-hybridized carbons (Fsp3) is 0.368. The summed E-state index contributed by atoms with van der Waals surface area (Å²) in [5.74, 6) is -0.450. The molecule has 8 nitrogen and oxygen atoms in total. The number of piperidine rings is 1. The van der Waals surface area contributed by atoms with Crippen molar-refractivity contribution < 1.29 is 22.4 Å².